The van der Waals surface area contributed by atoms with E-state index >= 15 is 0 Å². The zero-order valence-corrected chi connectivity index (χ0v) is 15.1. The Labute approximate surface area is 158 Å². The Morgan fingerprint density at radius 2 is 1.93 bits per heavy atom. The topological polar surface area (TPSA) is 89.8 Å². The summed E-state index contributed by atoms with van der Waals surface area (Å²) in [6.07, 6.45) is 2.99. The summed E-state index contributed by atoms with van der Waals surface area (Å²) >= 11 is 1.31. The number of hydrazone groups is 1. The number of pyridine rings is 1. The van der Waals surface area contributed by atoms with Gasteiger partial charge in [0, 0.05) is 13.2 Å². The number of aryl methyl sites for hydroxylation is 1. The van der Waals surface area contributed by atoms with Crippen molar-refractivity contribution in [2.24, 2.45) is 12.1 Å². The van der Waals surface area contributed by atoms with Gasteiger partial charge in [0.25, 0.3) is 11.5 Å². The molecule has 0 saturated carbocycles. The molecule has 0 aliphatic heterocycles. The molecule has 3 rings (SSSR count). The maximum Gasteiger partial charge on any atom is 0.353 e. The van der Waals surface area contributed by atoms with Gasteiger partial charge in [-0.2, -0.15) is 5.10 Å². The lowest BCUT2D eigenvalue weighted by molar-refractivity contribution is 0.0739. The lowest BCUT2D eigenvalue weighted by Gasteiger charge is -2.03. The van der Waals surface area contributed by atoms with Gasteiger partial charge in [0.2, 0.25) is 0 Å². The molecule has 7 nitrogen and oxygen atoms in total. The molecule has 0 aliphatic rings. The van der Waals surface area contributed by atoms with Crippen LogP contribution < -0.4 is 15.7 Å². The minimum Gasteiger partial charge on any atom is -0.422 e. The first kappa shape index (κ1) is 18.3. The molecule has 0 spiro atoms. The van der Waals surface area contributed by atoms with Crippen LogP contribution in [0.5, 0.6) is 5.75 Å². The standard InChI is InChI=1S/C19H15N3O4S/c1-22-10-2-4-15(18(22)24)17(23)21-20-12-13-6-8-14(9-7-13)26-19(25)16-5-3-11-27-16/h2-12H,1H3,(H,21,23)/b20-12-. The van der Waals surface area contributed by atoms with Crippen molar-refractivity contribution in [3.8, 4) is 5.75 Å². The number of thiophene rings is 1. The van der Waals surface area contributed by atoms with Gasteiger partial charge >= 0.3 is 5.97 Å². The van der Waals surface area contributed by atoms with Crippen LogP contribution in [-0.4, -0.2) is 22.7 Å². The van der Waals surface area contributed by atoms with Crippen LogP contribution in [0.25, 0.3) is 0 Å². The fourth-order valence-electron chi connectivity index (χ4n) is 2.17. The molecule has 0 fully saturated rings. The predicted octanol–water partition coefficient (Wildman–Crippen LogP) is 2.43. The van der Waals surface area contributed by atoms with E-state index in [2.05, 4.69) is 10.5 Å². The molecule has 0 unspecified atom stereocenters. The molecule has 2 heterocycles. The second kappa shape index (κ2) is 8.24. The van der Waals surface area contributed by atoms with E-state index in [0.717, 1.165) is 0 Å². The smallest absolute Gasteiger partial charge is 0.353 e. The lowest BCUT2D eigenvalue weighted by Crippen LogP contribution is -2.29. The third-order valence-electron chi connectivity index (χ3n) is 3.56. The Bertz CT molecular complexity index is 1040. The van der Waals surface area contributed by atoms with Crippen LogP contribution in [-0.2, 0) is 7.05 Å². The van der Waals surface area contributed by atoms with Crippen molar-refractivity contribution in [2.45, 2.75) is 0 Å². The summed E-state index contributed by atoms with van der Waals surface area (Å²) in [7, 11) is 1.56. The number of amides is 1. The number of hydrogen-bond donors (Lipinski definition) is 1. The Balaban J connectivity index is 1.59. The quantitative estimate of drug-likeness (QED) is 0.318. The summed E-state index contributed by atoms with van der Waals surface area (Å²) in [5.74, 6) is -0.598. The van der Waals surface area contributed by atoms with Crippen LogP contribution in [0.4, 0.5) is 0 Å². The summed E-state index contributed by atoms with van der Waals surface area (Å²) in [5.41, 5.74) is 2.61. The summed E-state index contributed by atoms with van der Waals surface area (Å²) in [6, 6.07) is 13.1. The number of hydrogen-bond acceptors (Lipinski definition) is 6. The number of benzene rings is 1. The van der Waals surface area contributed by atoms with Crippen LogP contribution in [0.2, 0.25) is 0 Å². The van der Waals surface area contributed by atoms with Crippen molar-refractivity contribution in [3.63, 3.8) is 0 Å². The first-order chi connectivity index (χ1) is 13.0. The first-order valence-electron chi connectivity index (χ1n) is 7.89. The average molecular weight is 381 g/mol. The molecular weight excluding hydrogens is 366 g/mol. The molecule has 3 aromatic rings. The van der Waals surface area contributed by atoms with Crippen LogP contribution in [0.3, 0.4) is 0 Å². The van der Waals surface area contributed by atoms with Crippen molar-refractivity contribution in [3.05, 3.63) is 86.5 Å². The molecular formula is C19H15N3O4S. The third kappa shape index (κ3) is 4.56. The average Bonchev–Trinajstić information content (AvgIpc) is 3.20. The monoisotopic (exact) mass is 381 g/mol. The normalized spacial score (nSPS) is 10.7. The highest BCUT2D eigenvalue weighted by atomic mass is 32.1. The second-order valence-corrected chi connectivity index (χ2v) is 6.42. The molecule has 0 aliphatic carbocycles. The van der Waals surface area contributed by atoms with E-state index in [1.165, 1.54) is 28.2 Å². The highest BCUT2D eigenvalue weighted by Gasteiger charge is 2.10. The zero-order chi connectivity index (χ0) is 19.2. The molecule has 27 heavy (non-hydrogen) atoms. The van der Waals surface area contributed by atoms with Crippen molar-refractivity contribution in [1.29, 1.82) is 0 Å². The SMILES string of the molecule is Cn1cccc(C(=O)N/N=C\c2ccc(OC(=O)c3cccs3)cc2)c1=O. The highest BCUT2D eigenvalue weighted by Crippen LogP contribution is 2.16. The van der Waals surface area contributed by atoms with Crippen molar-refractivity contribution >= 4 is 29.4 Å². The molecule has 0 atom stereocenters. The summed E-state index contributed by atoms with van der Waals surface area (Å²) in [5, 5.41) is 5.64. The van der Waals surface area contributed by atoms with Gasteiger partial charge in [-0.05, 0) is 53.4 Å². The Hall–Kier alpha value is -3.52. The number of carbonyl (C=O) groups is 2. The van der Waals surface area contributed by atoms with Crippen LogP contribution in [0, 0.1) is 0 Å². The first-order valence-corrected chi connectivity index (χ1v) is 8.77. The maximum atomic E-state index is 12.0. The van der Waals surface area contributed by atoms with E-state index in [1.807, 2.05) is 0 Å². The molecule has 1 N–H and O–H groups in total. The van der Waals surface area contributed by atoms with Gasteiger partial charge in [-0.3, -0.25) is 9.59 Å². The van der Waals surface area contributed by atoms with Gasteiger partial charge in [-0.15, -0.1) is 11.3 Å². The van der Waals surface area contributed by atoms with E-state index in [0.29, 0.717) is 16.2 Å². The van der Waals surface area contributed by atoms with Gasteiger partial charge in [0.1, 0.15) is 16.2 Å². The molecule has 136 valence electrons. The van der Waals surface area contributed by atoms with Gasteiger partial charge in [0.15, 0.2) is 0 Å². The largest absolute Gasteiger partial charge is 0.422 e. The van der Waals surface area contributed by atoms with E-state index in [4.69, 9.17) is 4.74 Å². The molecule has 8 heteroatoms. The Morgan fingerprint density at radius 3 is 2.63 bits per heavy atom. The Morgan fingerprint density at radius 1 is 1.15 bits per heavy atom. The van der Waals surface area contributed by atoms with Crippen molar-refractivity contribution in [2.75, 3.05) is 0 Å². The highest BCUT2D eigenvalue weighted by molar-refractivity contribution is 7.12. The predicted molar refractivity (Wildman–Crippen MR) is 102 cm³/mol. The zero-order valence-electron chi connectivity index (χ0n) is 14.3. The van der Waals surface area contributed by atoms with E-state index in [1.54, 1.807) is 61.1 Å². The minimum atomic E-state index is -0.589. The molecule has 0 saturated heterocycles. The number of aromatic nitrogens is 1. The van der Waals surface area contributed by atoms with E-state index < -0.39 is 17.4 Å². The summed E-state index contributed by atoms with van der Waals surface area (Å²) in [4.78, 5) is 36.3. The van der Waals surface area contributed by atoms with E-state index in [-0.39, 0.29) is 5.56 Å². The third-order valence-corrected chi connectivity index (χ3v) is 4.41. The number of nitrogens with one attached hydrogen (secondary N) is 1. The van der Waals surface area contributed by atoms with Gasteiger partial charge in [0.05, 0.1) is 6.21 Å². The molecule has 1 amide bonds. The van der Waals surface area contributed by atoms with Gasteiger partial charge < -0.3 is 9.30 Å². The molecule has 0 bridgehead atoms. The second-order valence-electron chi connectivity index (χ2n) is 5.47. The fourth-order valence-corrected chi connectivity index (χ4v) is 2.77. The number of ether oxygens (including phenoxy) is 1. The number of rotatable bonds is 5. The fraction of sp³-hybridized carbons (Fsp3) is 0.0526. The van der Waals surface area contributed by atoms with Crippen LogP contribution in [0.1, 0.15) is 25.6 Å². The Kier molecular flexibility index (Phi) is 5.58. The van der Waals surface area contributed by atoms with Crippen molar-refractivity contribution < 1.29 is 14.3 Å². The lowest BCUT2D eigenvalue weighted by atomic mass is 10.2. The molecule has 1 aromatic carbocycles. The molecule has 0 radical (unpaired) electrons. The van der Waals surface area contributed by atoms with Crippen LogP contribution >= 0.6 is 11.3 Å². The van der Waals surface area contributed by atoms with Crippen LogP contribution in [0.15, 0.2) is 70.0 Å². The summed E-state index contributed by atoms with van der Waals surface area (Å²) in [6.45, 7) is 0. The summed E-state index contributed by atoms with van der Waals surface area (Å²) < 4.78 is 6.57. The number of carbonyl (C=O) groups excluding carboxylic acids is 2. The molecule has 2 aromatic heterocycles. The van der Waals surface area contributed by atoms with Gasteiger partial charge in [-0.25, -0.2) is 10.2 Å². The maximum absolute atomic E-state index is 12.0. The number of esters is 1. The minimum absolute atomic E-state index is 0.00740. The van der Waals surface area contributed by atoms with Gasteiger partial charge in [-0.1, -0.05) is 6.07 Å². The van der Waals surface area contributed by atoms with E-state index in [9.17, 15) is 14.4 Å². The van der Waals surface area contributed by atoms with Crippen molar-refractivity contribution in [1.82, 2.24) is 9.99 Å². The number of nitrogens with zero attached hydrogens (tertiary/aromatic N) is 2.